The number of halogens is 1. The van der Waals surface area contributed by atoms with Crippen LogP contribution in [0.25, 0.3) is 0 Å². The molecule has 10 nitrogen and oxygen atoms in total. The van der Waals surface area contributed by atoms with Gasteiger partial charge >= 0.3 is 6.09 Å². The van der Waals surface area contributed by atoms with Crippen LogP contribution in [0.15, 0.2) is 54.6 Å². The molecule has 4 rings (SSSR count). The van der Waals surface area contributed by atoms with Gasteiger partial charge in [-0.3, -0.25) is 19.1 Å². The van der Waals surface area contributed by atoms with E-state index in [0.29, 0.717) is 24.4 Å². The highest BCUT2D eigenvalue weighted by Crippen LogP contribution is 2.40. The first-order valence-electron chi connectivity index (χ1n) is 15.8. The van der Waals surface area contributed by atoms with Gasteiger partial charge in [0.1, 0.15) is 11.4 Å². The van der Waals surface area contributed by atoms with E-state index in [2.05, 4.69) is 20.7 Å². The monoisotopic (exact) mass is 672 g/mol. The minimum absolute atomic E-state index is 0.0244. The number of aliphatic hydroxyl groups is 1. The highest BCUT2D eigenvalue weighted by molar-refractivity contribution is 7.99. The van der Waals surface area contributed by atoms with Crippen molar-refractivity contribution < 1.29 is 29.0 Å². The van der Waals surface area contributed by atoms with Crippen LogP contribution in [0.4, 0.5) is 4.79 Å². The maximum Gasteiger partial charge on any atom is 0.417 e. The first kappa shape index (κ1) is 35.6. The molecule has 1 heterocycles. The fourth-order valence-corrected chi connectivity index (χ4v) is 6.74. The van der Waals surface area contributed by atoms with Crippen molar-refractivity contribution in [3.8, 4) is 0 Å². The lowest BCUT2D eigenvalue weighted by atomic mass is 9.76. The summed E-state index contributed by atoms with van der Waals surface area (Å²) in [5, 5.41) is 19.1. The second kappa shape index (κ2) is 16.0. The lowest BCUT2D eigenvalue weighted by Crippen LogP contribution is -2.54. The van der Waals surface area contributed by atoms with Crippen molar-refractivity contribution in [2.75, 3.05) is 6.54 Å². The summed E-state index contributed by atoms with van der Waals surface area (Å²) < 4.78 is 8.75. The van der Waals surface area contributed by atoms with Gasteiger partial charge in [0, 0.05) is 28.9 Å². The van der Waals surface area contributed by atoms with Gasteiger partial charge in [-0.1, -0.05) is 81.8 Å². The molecule has 1 saturated heterocycles. The highest BCUT2D eigenvalue weighted by atomic mass is 35.5. The number of aliphatic hydroxyl groups excluding tert-OH is 1. The lowest BCUT2D eigenvalue weighted by molar-refractivity contribution is -0.133. The first-order valence-corrected chi connectivity index (χ1v) is 17.1. The molecule has 4 amide bonds. The fourth-order valence-electron chi connectivity index (χ4n) is 5.60. The summed E-state index contributed by atoms with van der Waals surface area (Å²) in [7, 11) is 0. The van der Waals surface area contributed by atoms with Crippen molar-refractivity contribution in [2.45, 2.75) is 94.8 Å². The molecule has 2 aliphatic rings. The maximum atomic E-state index is 13.7. The zero-order valence-corrected chi connectivity index (χ0v) is 28.3. The normalized spacial score (nSPS) is 19.0. The summed E-state index contributed by atoms with van der Waals surface area (Å²) in [6.07, 6.45) is -0.190. The van der Waals surface area contributed by atoms with Gasteiger partial charge in [0.15, 0.2) is 6.10 Å². The van der Waals surface area contributed by atoms with Crippen LogP contribution in [0, 0.1) is 11.8 Å². The van der Waals surface area contributed by atoms with Gasteiger partial charge in [-0.15, -0.1) is 0 Å². The van der Waals surface area contributed by atoms with Crippen LogP contribution in [0.5, 0.6) is 0 Å². The van der Waals surface area contributed by atoms with Crippen molar-refractivity contribution in [3.05, 3.63) is 70.7 Å². The Morgan fingerprint density at radius 2 is 1.78 bits per heavy atom. The van der Waals surface area contributed by atoms with Crippen molar-refractivity contribution >= 4 is 47.4 Å². The number of carbonyl (C=O) groups is 4. The van der Waals surface area contributed by atoms with Crippen molar-refractivity contribution in [1.82, 2.24) is 20.7 Å². The summed E-state index contributed by atoms with van der Waals surface area (Å²) in [6, 6.07) is 15.9. The van der Waals surface area contributed by atoms with Crippen LogP contribution in [-0.4, -0.2) is 58.9 Å². The molecule has 0 radical (unpaired) electrons. The third-order valence-electron chi connectivity index (χ3n) is 8.42. The van der Waals surface area contributed by atoms with Crippen molar-refractivity contribution in [3.63, 3.8) is 0 Å². The summed E-state index contributed by atoms with van der Waals surface area (Å²) in [6.45, 7) is 8.36. The predicted molar refractivity (Wildman–Crippen MR) is 179 cm³/mol. The van der Waals surface area contributed by atoms with E-state index >= 15 is 0 Å². The topological polar surface area (TPSA) is 146 Å². The van der Waals surface area contributed by atoms with Gasteiger partial charge < -0.3 is 25.8 Å². The number of hydrogen-bond donors (Lipinski definition) is 5. The number of hydrogen-bond acceptors (Lipinski definition) is 7. The van der Waals surface area contributed by atoms with Gasteiger partial charge in [0.25, 0.3) is 5.91 Å². The Labute approximate surface area is 280 Å². The third-order valence-corrected chi connectivity index (χ3v) is 9.63. The van der Waals surface area contributed by atoms with Crippen molar-refractivity contribution in [1.29, 1.82) is 0 Å². The minimum atomic E-state index is -1.53. The number of rotatable bonds is 15. The Bertz CT molecular complexity index is 1370. The van der Waals surface area contributed by atoms with E-state index in [1.165, 1.54) is 0 Å². The number of carbonyl (C=O) groups excluding carboxylic acids is 4. The number of benzene rings is 2. The summed E-state index contributed by atoms with van der Waals surface area (Å²) in [5.74, 6) is -1.55. The van der Waals surface area contributed by atoms with Gasteiger partial charge in [0.05, 0.1) is 6.04 Å². The molecule has 46 heavy (non-hydrogen) atoms. The van der Waals surface area contributed by atoms with E-state index in [1.807, 2.05) is 76.2 Å². The zero-order chi connectivity index (χ0) is 33.4. The van der Waals surface area contributed by atoms with E-state index in [-0.39, 0.29) is 24.3 Å². The SMILES string of the molecule is CC(C)C[C@H](SNC(=O)O[C@H](c1ccccc1)C(C)(C)c1cccc(Cl)c1)C(=O)N[C@@H](C[C@@H]1CCNC1=O)C(O)C(=O)NC1CC1. The predicted octanol–water partition coefficient (Wildman–Crippen LogP) is 4.80. The maximum absolute atomic E-state index is 13.7. The Kier molecular flexibility index (Phi) is 12.4. The van der Waals surface area contributed by atoms with E-state index in [1.54, 1.807) is 6.07 Å². The average Bonchev–Trinajstić information content (AvgIpc) is 3.75. The molecule has 2 fully saturated rings. The molecule has 5 N–H and O–H groups in total. The molecule has 0 bridgehead atoms. The summed E-state index contributed by atoms with van der Waals surface area (Å²) >= 11 is 7.22. The number of ether oxygens (including phenoxy) is 1. The molecule has 1 unspecified atom stereocenters. The largest absolute Gasteiger partial charge is 0.440 e. The van der Waals surface area contributed by atoms with Crippen LogP contribution in [-0.2, 0) is 24.5 Å². The first-order chi connectivity index (χ1) is 21.8. The third kappa shape index (κ3) is 9.86. The molecule has 0 aromatic heterocycles. The van der Waals surface area contributed by atoms with Crippen LogP contribution in [0.2, 0.25) is 5.02 Å². The second-order valence-electron chi connectivity index (χ2n) is 13.1. The van der Waals surface area contributed by atoms with Gasteiger partial charge in [-0.05, 0) is 73.2 Å². The smallest absolute Gasteiger partial charge is 0.417 e. The van der Waals surface area contributed by atoms with E-state index in [0.717, 1.165) is 35.9 Å². The molecule has 12 heteroatoms. The van der Waals surface area contributed by atoms with Crippen LogP contribution in [0.1, 0.15) is 77.0 Å². The molecule has 2 aromatic rings. The van der Waals surface area contributed by atoms with E-state index in [9.17, 15) is 24.3 Å². The van der Waals surface area contributed by atoms with E-state index < -0.39 is 52.7 Å². The van der Waals surface area contributed by atoms with Gasteiger partial charge in [-0.25, -0.2) is 4.79 Å². The quantitative estimate of drug-likeness (QED) is 0.171. The number of amides is 4. The Morgan fingerprint density at radius 1 is 1.07 bits per heavy atom. The minimum Gasteiger partial charge on any atom is -0.440 e. The molecule has 1 aliphatic heterocycles. The lowest BCUT2D eigenvalue weighted by Gasteiger charge is -2.35. The number of nitrogens with one attached hydrogen (secondary N) is 4. The molecule has 1 aliphatic carbocycles. The Balaban J connectivity index is 1.46. The zero-order valence-electron chi connectivity index (χ0n) is 26.8. The highest BCUT2D eigenvalue weighted by Gasteiger charge is 2.39. The van der Waals surface area contributed by atoms with Crippen molar-refractivity contribution in [2.24, 2.45) is 11.8 Å². The Morgan fingerprint density at radius 3 is 2.39 bits per heavy atom. The molecule has 5 atom stereocenters. The van der Waals surface area contributed by atoms with Gasteiger partial charge in [0.2, 0.25) is 11.8 Å². The standard InChI is InChI=1S/C34H45ClN4O6S/c1-20(2)17-27(31(42)38-26(18-22-15-16-36-30(22)41)28(40)32(43)37-25-13-14-25)46-39-33(44)45-29(21-9-6-5-7-10-21)34(3,4)23-11-8-12-24(35)19-23/h5-12,19-20,22,25-29,40H,13-18H2,1-4H3,(H,36,41)(H,37,43)(H,38,42)(H,39,44)/t22-,26-,27-,28?,29+/m0/s1. The average molecular weight is 673 g/mol. The van der Waals surface area contributed by atoms with Crippen LogP contribution in [0.3, 0.4) is 0 Å². The van der Waals surface area contributed by atoms with Crippen LogP contribution >= 0.6 is 23.5 Å². The molecular weight excluding hydrogens is 628 g/mol. The Hall–Kier alpha value is -3.28. The molecule has 0 spiro atoms. The van der Waals surface area contributed by atoms with Gasteiger partial charge in [-0.2, -0.15) is 0 Å². The van der Waals surface area contributed by atoms with Crippen LogP contribution < -0.4 is 20.7 Å². The molecule has 1 saturated carbocycles. The molecular formula is C34H45ClN4O6S. The van der Waals surface area contributed by atoms with E-state index in [4.69, 9.17) is 16.3 Å². The second-order valence-corrected chi connectivity index (χ2v) is 14.6. The molecule has 2 aromatic carbocycles. The molecule has 250 valence electrons. The summed E-state index contributed by atoms with van der Waals surface area (Å²) in [5.41, 5.74) is 1.01. The summed E-state index contributed by atoms with van der Waals surface area (Å²) in [4.78, 5) is 52.1. The fraction of sp³-hybridized carbons (Fsp3) is 0.529.